The van der Waals surface area contributed by atoms with Crippen LogP contribution in [0.3, 0.4) is 0 Å². The predicted octanol–water partition coefficient (Wildman–Crippen LogP) is 1.91. The van der Waals surface area contributed by atoms with Crippen LogP contribution in [0, 0.1) is 0 Å². The van der Waals surface area contributed by atoms with Gasteiger partial charge in [-0.25, -0.2) is 0 Å². The summed E-state index contributed by atoms with van der Waals surface area (Å²) < 4.78 is 10.4. The van der Waals surface area contributed by atoms with Crippen molar-refractivity contribution < 1.29 is 24.2 Å². The van der Waals surface area contributed by atoms with Crippen LogP contribution >= 0.6 is 0 Å². The van der Waals surface area contributed by atoms with Crippen LogP contribution in [0.15, 0.2) is 54.6 Å². The first-order chi connectivity index (χ1) is 16.0. The van der Waals surface area contributed by atoms with E-state index in [1.165, 1.54) is 0 Å². The number of nitrogens with zero attached hydrogens (tertiary/aromatic N) is 2. The third-order valence-electron chi connectivity index (χ3n) is 5.56. The second kappa shape index (κ2) is 12.3. The van der Waals surface area contributed by atoms with Gasteiger partial charge in [0.15, 0.2) is 0 Å². The number of piperazine rings is 1. The number of aliphatic hydroxyl groups is 1. The van der Waals surface area contributed by atoms with E-state index in [4.69, 9.17) is 9.47 Å². The number of anilines is 1. The highest BCUT2D eigenvalue weighted by atomic mass is 16.6. The lowest BCUT2D eigenvalue weighted by molar-refractivity contribution is -0.149. The summed E-state index contributed by atoms with van der Waals surface area (Å²) in [4.78, 5) is 28.4. The molecule has 2 aromatic rings. The van der Waals surface area contributed by atoms with Crippen molar-refractivity contribution in [1.82, 2.24) is 10.2 Å². The van der Waals surface area contributed by atoms with E-state index in [9.17, 15) is 14.7 Å². The van der Waals surface area contributed by atoms with Crippen molar-refractivity contribution in [2.45, 2.75) is 39.3 Å². The first kappa shape index (κ1) is 24.7. The quantitative estimate of drug-likeness (QED) is 0.418. The number of ether oxygens (including phenoxy) is 2. The van der Waals surface area contributed by atoms with Crippen LogP contribution in [0.4, 0.5) is 5.69 Å². The Labute approximate surface area is 195 Å². The minimum atomic E-state index is -1.22. The van der Waals surface area contributed by atoms with E-state index in [0.29, 0.717) is 32.8 Å². The fourth-order valence-electron chi connectivity index (χ4n) is 3.74. The van der Waals surface area contributed by atoms with Crippen molar-refractivity contribution in [2.24, 2.45) is 0 Å². The van der Waals surface area contributed by atoms with Crippen LogP contribution in [0.1, 0.15) is 25.0 Å². The molecule has 0 saturated carbocycles. The zero-order valence-electron chi connectivity index (χ0n) is 19.3. The van der Waals surface area contributed by atoms with Gasteiger partial charge in [0.25, 0.3) is 0 Å². The van der Waals surface area contributed by atoms with Crippen molar-refractivity contribution in [1.29, 1.82) is 0 Å². The molecule has 8 nitrogen and oxygen atoms in total. The van der Waals surface area contributed by atoms with Gasteiger partial charge in [-0.3, -0.25) is 14.9 Å². The van der Waals surface area contributed by atoms with Crippen LogP contribution in [0.25, 0.3) is 0 Å². The molecule has 3 rings (SSSR count). The SMILES string of the molecule is CCOC(=O)Cc1ccc(N2CCN(C(=O)[C@H](C)NC(O)OCc3ccccc3)CC2)cc1. The molecular weight excluding hydrogens is 422 g/mol. The number of hydrogen-bond acceptors (Lipinski definition) is 7. The number of amides is 1. The Morgan fingerprint density at radius 3 is 2.30 bits per heavy atom. The van der Waals surface area contributed by atoms with Crippen LogP contribution < -0.4 is 10.2 Å². The molecule has 1 heterocycles. The molecule has 0 spiro atoms. The molecule has 0 aromatic heterocycles. The van der Waals surface area contributed by atoms with E-state index < -0.39 is 12.5 Å². The van der Waals surface area contributed by atoms with Gasteiger partial charge < -0.3 is 24.4 Å². The van der Waals surface area contributed by atoms with Gasteiger partial charge in [-0.1, -0.05) is 42.5 Å². The van der Waals surface area contributed by atoms with Gasteiger partial charge in [0.1, 0.15) is 0 Å². The third-order valence-corrected chi connectivity index (χ3v) is 5.56. The Kier molecular flexibility index (Phi) is 9.24. The van der Waals surface area contributed by atoms with Gasteiger partial charge in [-0.15, -0.1) is 0 Å². The lowest BCUT2D eigenvalue weighted by Crippen LogP contribution is -2.55. The average Bonchev–Trinajstić information content (AvgIpc) is 2.83. The topological polar surface area (TPSA) is 91.3 Å². The number of rotatable bonds is 10. The van der Waals surface area contributed by atoms with Crippen molar-refractivity contribution in [3.05, 3.63) is 65.7 Å². The normalized spacial score (nSPS) is 15.7. The molecule has 0 aliphatic carbocycles. The molecule has 2 atom stereocenters. The maximum absolute atomic E-state index is 12.8. The van der Waals surface area contributed by atoms with E-state index in [2.05, 4.69) is 10.2 Å². The minimum absolute atomic E-state index is 0.0678. The van der Waals surface area contributed by atoms with Gasteiger partial charge in [-0.2, -0.15) is 0 Å². The fourth-order valence-corrected chi connectivity index (χ4v) is 3.74. The number of hydrogen-bond donors (Lipinski definition) is 2. The second-order valence-electron chi connectivity index (χ2n) is 8.00. The molecule has 0 radical (unpaired) electrons. The Bertz CT molecular complexity index is 883. The summed E-state index contributed by atoms with van der Waals surface area (Å²) in [5, 5.41) is 12.9. The predicted molar refractivity (Wildman–Crippen MR) is 125 cm³/mol. The lowest BCUT2D eigenvalue weighted by Gasteiger charge is -2.37. The van der Waals surface area contributed by atoms with Crippen LogP contribution in [0.2, 0.25) is 0 Å². The molecular formula is C25H33N3O5. The van der Waals surface area contributed by atoms with Gasteiger partial charge in [0, 0.05) is 31.9 Å². The standard InChI is InChI=1S/C25H33N3O5/c1-3-32-23(29)17-20-9-11-22(12-10-20)27-13-15-28(16-14-27)24(30)19(2)26-25(31)33-18-21-7-5-4-6-8-21/h4-12,19,25-26,31H,3,13-18H2,1-2H3/t19-,25?/m0/s1. The van der Waals surface area contributed by atoms with E-state index in [0.717, 1.165) is 16.8 Å². The van der Waals surface area contributed by atoms with Crippen LogP contribution in [-0.4, -0.2) is 67.1 Å². The fraction of sp³-hybridized carbons (Fsp3) is 0.440. The highest BCUT2D eigenvalue weighted by Gasteiger charge is 2.26. The summed E-state index contributed by atoms with van der Waals surface area (Å²) in [7, 11) is 0. The van der Waals surface area contributed by atoms with Gasteiger partial charge in [0.05, 0.1) is 25.7 Å². The van der Waals surface area contributed by atoms with Crippen molar-refractivity contribution >= 4 is 17.6 Å². The summed E-state index contributed by atoms with van der Waals surface area (Å²) in [6.07, 6.45) is -0.957. The first-order valence-electron chi connectivity index (χ1n) is 11.3. The largest absolute Gasteiger partial charge is 0.466 e. The molecule has 1 aliphatic heterocycles. The first-order valence-corrected chi connectivity index (χ1v) is 11.3. The number of carbonyl (C=O) groups is 2. The molecule has 1 amide bonds. The van der Waals surface area contributed by atoms with Gasteiger partial charge >= 0.3 is 5.97 Å². The third kappa shape index (κ3) is 7.56. The van der Waals surface area contributed by atoms with E-state index >= 15 is 0 Å². The van der Waals surface area contributed by atoms with E-state index in [1.807, 2.05) is 54.6 Å². The Morgan fingerprint density at radius 1 is 1.00 bits per heavy atom. The highest BCUT2D eigenvalue weighted by Crippen LogP contribution is 2.18. The Balaban J connectivity index is 1.42. The van der Waals surface area contributed by atoms with E-state index in [1.54, 1.807) is 18.7 Å². The minimum Gasteiger partial charge on any atom is -0.466 e. The molecule has 1 unspecified atom stereocenters. The number of nitrogens with one attached hydrogen (secondary N) is 1. The molecule has 0 bridgehead atoms. The van der Waals surface area contributed by atoms with Crippen molar-refractivity contribution in [2.75, 3.05) is 37.7 Å². The zero-order valence-corrected chi connectivity index (χ0v) is 19.3. The monoisotopic (exact) mass is 455 g/mol. The van der Waals surface area contributed by atoms with E-state index in [-0.39, 0.29) is 24.9 Å². The Hall–Kier alpha value is -2.94. The van der Waals surface area contributed by atoms with Gasteiger partial charge in [-0.05, 0) is 37.1 Å². The van der Waals surface area contributed by atoms with Crippen molar-refractivity contribution in [3.63, 3.8) is 0 Å². The zero-order chi connectivity index (χ0) is 23.6. The molecule has 1 fully saturated rings. The maximum atomic E-state index is 12.8. The molecule has 2 aromatic carbocycles. The number of benzene rings is 2. The van der Waals surface area contributed by atoms with Gasteiger partial charge in [0.2, 0.25) is 12.3 Å². The summed E-state index contributed by atoms with van der Waals surface area (Å²) in [5.41, 5.74) is 2.92. The molecule has 2 N–H and O–H groups in total. The highest BCUT2D eigenvalue weighted by molar-refractivity contribution is 5.81. The van der Waals surface area contributed by atoms with Crippen molar-refractivity contribution in [3.8, 4) is 0 Å². The van der Waals surface area contributed by atoms with Crippen LogP contribution in [-0.2, 0) is 32.1 Å². The molecule has 1 aliphatic rings. The molecule has 33 heavy (non-hydrogen) atoms. The average molecular weight is 456 g/mol. The summed E-state index contributed by atoms with van der Waals surface area (Å²) in [6, 6.07) is 16.9. The number of esters is 1. The number of aliphatic hydroxyl groups excluding tert-OH is 1. The lowest BCUT2D eigenvalue weighted by atomic mass is 10.1. The second-order valence-corrected chi connectivity index (χ2v) is 8.00. The summed E-state index contributed by atoms with van der Waals surface area (Å²) in [5.74, 6) is -0.294. The molecule has 8 heteroatoms. The van der Waals surface area contributed by atoms with Crippen LogP contribution in [0.5, 0.6) is 0 Å². The molecule has 178 valence electrons. The number of carbonyl (C=O) groups excluding carboxylic acids is 2. The smallest absolute Gasteiger partial charge is 0.310 e. The Morgan fingerprint density at radius 2 is 1.67 bits per heavy atom. The molecule has 1 saturated heterocycles. The summed E-state index contributed by atoms with van der Waals surface area (Å²) in [6.45, 7) is 6.77. The summed E-state index contributed by atoms with van der Waals surface area (Å²) >= 11 is 0. The maximum Gasteiger partial charge on any atom is 0.310 e.